The number of carbonyl (C=O) groups is 1. The molecule has 2 saturated heterocycles. The summed E-state index contributed by atoms with van der Waals surface area (Å²) < 4.78 is 0. The number of likely N-dealkylation sites (tertiary alicyclic amines) is 1. The van der Waals surface area contributed by atoms with Crippen LogP contribution in [0.1, 0.15) is 6.42 Å². The normalized spacial score (nSPS) is 28.6. The van der Waals surface area contributed by atoms with Gasteiger partial charge in [-0.1, -0.05) is 0 Å². The summed E-state index contributed by atoms with van der Waals surface area (Å²) in [6, 6.07) is 0. The number of quaternary nitrogens is 1. The highest BCUT2D eigenvalue weighted by Gasteiger charge is 2.26. The summed E-state index contributed by atoms with van der Waals surface area (Å²) >= 11 is 0. The Balaban J connectivity index is 1.75. The molecule has 2 heterocycles. The van der Waals surface area contributed by atoms with E-state index in [1.165, 1.54) is 4.90 Å². The number of aliphatic hydroxyl groups is 1. The first-order valence-electron chi connectivity index (χ1n) is 6.00. The third-order valence-corrected chi connectivity index (χ3v) is 3.44. The van der Waals surface area contributed by atoms with Crippen molar-refractivity contribution >= 4 is 5.91 Å². The molecular formula is C11H21N3O2. The molecular weight excluding hydrogens is 206 g/mol. The van der Waals surface area contributed by atoms with Crippen molar-refractivity contribution in [2.75, 3.05) is 45.8 Å². The summed E-state index contributed by atoms with van der Waals surface area (Å²) in [6.07, 6.45) is 0.410. The van der Waals surface area contributed by atoms with Crippen LogP contribution >= 0.6 is 0 Å². The topological polar surface area (TPSA) is 48.2 Å². The fourth-order valence-corrected chi connectivity index (χ4v) is 2.29. The maximum atomic E-state index is 11.9. The summed E-state index contributed by atoms with van der Waals surface area (Å²) in [4.78, 5) is 17.1. The molecule has 2 rings (SSSR count). The van der Waals surface area contributed by atoms with E-state index in [0.29, 0.717) is 19.6 Å². The Kier molecular flexibility index (Phi) is 3.78. The summed E-state index contributed by atoms with van der Waals surface area (Å²) in [6.45, 7) is 5.63. The highest BCUT2D eigenvalue weighted by Crippen LogP contribution is 2.09. The Morgan fingerprint density at radius 1 is 1.38 bits per heavy atom. The van der Waals surface area contributed by atoms with Gasteiger partial charge in [-0.3, -0.25) is 9.69 Å². The van der Waals surface area contributed by atoms with Crippen LogP contribution in [0.15, 0.2) is 0 Å². The lowest BCUT2D eigenvalue weighted by atomic mass is 10.3. The van der Waals surface area contributed by atoms with Crippen LogP contribution in [0.4, 0.5) is 0 Å². The predicted octanol–water partition coefficient (Wildman–Crippen LogP) is -2.43. The average molecular weight is 227 g/mol. The van der Waals surface area contributed by atoms with Crippen LogP contribution in [0.3, 0.4) is 0 Å². The fourth-order valence-electron chi connectivity index (χ4n) is 2.29. The molecule has 0 aromatic rings. The molecule has 2 N–H and O–H groups in total. The molecule has 1 atom stereocenters. The second-order valence-corrected chi connectivity index (χ2v) is 4.81. The van der Waals surface area contributed by atoms with E-state index in [0.717, 1.165) is 32.6 Å². The van der Waals surface area contributed by atoms with Crippen molar-refractivity contribution < 1.29 is 14.8 Å². The number of hydrogen-bond acceptors (Lipinski definition) is 3. The Bertz CT molecular complexity index is 252. The summed E-state index contributed by atoms with van der Waals surface area (Å²) in [7, 11) is 3.96. The van der Waals surface area contributed by atoms with Crippen LogP contribution in [0.25, 0.3) is 0 Å². The van der Waals surface area contributed by atoms with E-state index >= 15 is 0 Å². The van der Waals surface area contributed by atoms with Gasteiger partial charge in [0.15, 0.2) is 0 Å². The predicted molar refractivity (Wildman–Crippen MR) is 59.7 cm³/mol. The van der Waals surface area contributed by atoms with Gasteiger partial charge in [0.1, 0.15) is 0 Å². The van der Waals surface area contributed by atoms with Crippen LogP contribution < -0.4 is 4.90 Å². The number of amides is 1. The molecule has 0 radical (unpaired) electrons. The van der Waals surface area contributed by atoms with Crippen LogP contribution in [-0.4, -0.2) is 72.7 Å². The quantitative estimate of drug-likeness (QED) is 0.516. The number of nitrogens with one attached hydrogen (secondary N) is 1. The molecule has 2 fully saturated rings. The van der Waals surface area contributed by atoms with E-state index in [1.807, 2.05) is 0 Å². The first-order valence-corrected chi connectivity index (χ1v) is 6.00. The zero-order chi connectivity index (χ0) is 11.5. The summed E-state index contributed by atoms with van der Waals surface area (Å²) in [5.41, 5.74) is 0. The molecule has 0 aromatic carbocycles. The SMILES string of the molecule is [CH2-][NH+]1CCN(CC(=O)N2CC[C@@H](O)C2)CC1. The van der Waals surface area contributed by atoms with Gasteiger partial charge in [-0.05, 0) is 6.42 Å². The summed E-state index contributed by atoms with van der Waals surface area (Å²) in [5, 5.41) is 9.37. The number of rotatable bonds is 2. The Labute approximate surface area is 96.6 Å². The second kappa shape index (κ2) is 5.12. The van der Waals surface area contributed by atoms with Gasteiger partial charge in [-0.2, -0.15) is 7.05 Å². The van der Waals surface area contributed by atoms with E-state index in [1.54, 1.807) is 4.90 Å². The molecule has 0 saturated carbocycles. The number of aliphatic hydroxyl groups excluding tert-OH is 1. The molecule has 2 aliphatic heterocycles. The zero-order valence-corrected chi connectivity index (χ0v) is 9.69. The lowest BCUT2D eigenvalue weighted by Crippen LogP contribution is -3.10. The molecule has 0 aromatic heterocycles. The van der Waals surface area contributed by atoms with Crippen molar-refractivity contribution in [1.29, 1.82) is 0 Å². The van der Waals surface area contributed by atoms with Crippen molar-refractivity contribution in [2.45, 2.75) is 12.5 Å². The van der Waals surface area contributed by atoms with Crippen molar-refractivity contribution in [1.82, 2.24) is 9.80 Å². The molecule has 1 amide bonds. The van der Waals surface area contributed by atoms with Gasteiger partial charge in [-0.15, -0.1) is 0 Å². The minimum absolute atomic E-state index is 0.157. The molecule has 0 bridgehead atoms. The molecule has 0 spiro atoms. The lowest BCUT2D eigenvalue weighted by Gasteiger charge is -2.34. The van der Waals surface area contributed by atoms with Gasteiger partial charge in [0, 0.05) is 26.2 Å². The molecule has 0 unspecified atom stereocenters. The van der Waals surface area contributed by atoms with Gasteiger partial charge in [0.2, 0.25) is 5.91 Å². The maximum Gasteiger partial charge on any atom is 0.236 e. The number of nitrogens with zero attached hydrogens (tertiary/aromatic N) is 2. The smallest absolute Gasteiger partial charge is 0.236 e. The van der Waals surface area contributed by atoms with E-state index in [4.69, 9.17) is 0 Å². The van der Waals surface area contributed by atoms with E-state index in [9.17, 15) is 9.90 Å². The number of piperazine rings is 1. The molecule has 92 valence electrons. The van der Waals surface area contributed by atoms with Crippen molar-refractivity contribution in [3.63, 3.8) is 0 Å². The Hall–Kier alpha value is -0.650. The first kappa shape index (κ1) is 11.8. The summed E-state index contributed by atoms with van der Waals surface area (Å²) in [5.74, 6) is 0.157. The number of hydrogen-bond donors (Lipinski definition) is 2. The van der Waals surface area contributed by atoms with Crippen LogP contribution in [0.2, 0.25) is 0 Å². The molecule has 5 nitrogen and oxygen atoms in total. The number of β-amino-alcohol motifs (C(OH)–C–C–N with tert-alkyl or cyclic N) is 1. The van der Waals surface area contributed by atoms with Gasteiger partial charge in [0.05, 0.1) is 25.7 Å². The molecule has 16 heavy (non-hydrogen) atoms. The largest absolute Gasteiger partial charge is 0.466 e. The van der Waals surface area contributed by atoms with E-state index in [2.05, 4.69) is 11.9 Å². The minimum atomic E-state index is -0.315. The van der Waals surface area contributed by atoms with Crippen LogP contribution in [-0.2, 0) is 4.79 Å². The van der Waals surface area contributed by atoms with Gasteiger partial charge in [0.25, 0.3) is 0 Å². The van der Waals surface area contributed by atoms with E-state index in [-0.39, 0.29) is 12.0 Å². The van der Waals surface area contributed by atoms with Crippen LogP contribution in [0.5, 0.6) is 0 Å². The van der Waals surface area contributed by atoms with Crippen molar-refractivity contribution in [3.05, 3.63) is 7.05 Å². The average Bonchev–Trinajstić information content (AvgIpc) is 2.68. The van der Waals surface area contributed by atoms with Crippen LogP contribution in [0, 0.1) is 7.05 Å². The Morgan fingerprint density at radius 3 is 2.62 bits per heavy atom. The van der Waals surface area contributed by atoms with Gasteiger partial charge < -0.3 is 14.9 Å². The second-order valence-electron chi connectivity index (χ2n) is 4.81. The minimum Gasteiger partial charge on any atom is -0.466 e. The zero-order valence-electron chi connectivity index (χ0n) is 9.69. The van der Waals surface area contributed by atoms with Gasteiger partial charge in [-0.25, -0.2) is 0 Å². The monoisotopic (exact) mass is 227 g/mol. The standard InChI is InChI=1S/C11H21N3O2/c1-12-4-6-13(7-5-12)9-11(16)14-3-2-10(15)8-14/h10,12,15H,1-9H2/t10-/m1/s1. The third kappa shape index (κ3) is 2.93. The molecule has 0 aliphatic carbocycles. The van der Waals surface area contributed by atoms with Crippen molar-refractivity contribution in [3.8, 4) is 0 Å². The van der Waals surface area contributed by atoms with Gasteiger partial charge >= 0.3 is 0 Å². The lowest BCUT2D eigenvalue weighted by molar-refractivity contribution is -0.858. The molecule has 2 aliphatic rings. The van der Waals surface area contributed by atoms with Crippen molar-refractivity contribution in [2.24, 2.45) is 0 Å². The Morgan fingerprint density at radius 2 is 2.06 bits per heavy atom. The third-order valence-electron chi connectivity index (χ3n) is 3.44. The van der Waals surface area contributed by atoms with E-state index < -0.39 is 0 Å². The highest BCUT2D eigenvalue weighted by molar-refractivity contribution is 5.78. The highest BCUT2D eigenvalue weighted by atomic mass is 16.3. The molecule has 5 heteroatoms. The maximum absolute atomic E-state index is 11.9. The fraction of sp³-hybridized carbons (Fsp3) is 0.818. The number of carbonyl (C=O) groups excluding carboxylic acids is 1. The first-order chi connectivity index (χ1) is 7.65.